The maximum Gasteiger partial charge on any atom is 0.251 e. The average Bonchev–Trinajstić information content (AvgIpc) is 2.40. The van der Waals surface area contributed by atoms with Gasteiger partial charge in [-0.2, -0.15) is 11.8 Å². The van der Waals surface area contributed by atoms with Gasteiger partial charge in [-0.1, -0.05) is 6.92 Å². The zero-order valence-electron chi connectivity index (χ0n) is 11.8. The molecule has 1 aromatic carbocycles. The number of nitrogens with two attached hydrogens (primary N) is 1. The Bertz CT molecular complexity index is 423. The van der Waals surface area contributed by atoms with Gasteiger partial charge in [0.15, 0.2) is 0 Å². The van der Waals surface area contributed by atoms with Crippen LogP contribution in [0, 0.1) is 0 Å². The first kappa shape index (κ1) is 15.7. The maximum absolute atomic E-state index is 11.7. The van der Waals surface area contributed by atoms with E-state index in [9.17, 15) is 4.79 Å². The lowest BCUT2D eigenvalue weighted by molar-refractivity contribution is 0.0956. The molecule has 4 N–H and O–H groups in total. The molecule has 0 heterocycles. The number of carbonyl (C=O) groups is 1. The molecule has 1 rings (SSSR count). The number of hydrogen-bond donors (Lipinski definition) is 3. The van der Waals surface area contributed by atoms with E-state index in [0.29, 0.717) is 23.0 Å². The van der Waals surface area contributed by atoms with Crippen LogP contribution >= 0.6 is 11.8 Å². The van der Waals surface area contributed by atoms with Gasteiger partial charge in [0.25, 0.3) is 5.91 Å². The lowest BCUT2D eigenvalue weighted by Crippen LogP contribution is -2.22. The van der Waals surface area contributed by atoms with Gasteiger partial charge in [-0.3, -0.25) is 4.79 Å². The van der Waals surface area contributed by atoms with E-state index in [1.54, 1.807) is 12.1 Å². The fourth-order valence-electron chi connectivity index (χ4n) is 1.66. The van der Waals surface area contributed by atoms with Crippen molar-refractivity contribution in [2.45, 2.75) is 25.5 Å². The molecule has 0 saturated heterocycles. The Morgan fingerprint density at radius 2 is 2.21 bits per heavy atom. The highest BCUT2D eigenvalue weighted by molar-refractivity contribution is 7.99. The molecule has 0 aliphatic heterocycles. The summed E-state index contributed by atoms with van der Waals surface area (Å²) in [4.78, 5) is 11.7. The molecule has 19 heavy (non-hydrogen) atoms. The zero-order chi connectivity index (χ0) is 14.3. The summed E-state index contributed by atoms with van der Waals surface area (Å²) in [7, 11) is 0. The van der Waals surface area contributed by atoms with Crippen LogP contribution in [0.25, 0.3) is 0 Å². The lowest BCUT2D eigenvalue weighted by atomic mass is 10.1. The summed E-state index contributed by atoms with van der Waals surface area (Å²) >= 11 is 1.85. The van der Waals surface area contributed by atoms with Crippen LogP contribution in [-0.2, 0) is 0 Å². The van der Waals surface area contributed by atoms with Crippen LogP contribution < -0.4 is 16.4 Å². The van der Waals surface area contributed by atoms with E-state index < -0.39 is 0 Å². The van der Waals surface area contributed by atoms with Crippen molar-refractivity contribution in [2.75, 3.05) is 30.4 Å². The maximum atomic E-state index is 11.7. The van der Waals surface area contributed by atoms with Crippen LogP contribution in [0.1, 0.15) is 30.6 Å². The normalized spacial score (nSPS) is 11.9. The van der Waals surface area contributed by atoms with Crippen LogP contribution in [0.15, 0.2) is 18.2 Å². The first-order valence-corrected chi connectivity index (χ1v) is 7.81. The smallest absolute Gasteiger partial charge is 0.251 e. The minimum absolute atomic E-state index is 0.0863. The van der Waals surface area contributed by atoms with Gasteiger partial charge < -0.3 is 16.4 Å². The molecular weight excluding hydrogens is 258 g/mol. The third kappa shape index (κ3) is 5.03. The van der Waals surface area contributed by atoms with Crippen LogP contribution in [-0.4, -0.2) is 30.5 Å². The van der Waals surface area contributed by atoms with E-state index in [0.717, 1.165) is 18.7 Å². The summed E-state index contributed by atoms with van der Waals surface area (Å²) in [6, 6.07) is 5.37. The summed E-state index contributed by atoms with van der Waals surface area (Å²) in [6.45, 7) is 5.59. The summed E-state index contributed by atoms with van der Waals surface area (Å²) in [5.41, 5.74) is 8.06. The highest BCUT2D eigenvalue weighted by atomic mass is 32.2. The Morgan fingerprint density at radius 1 is 1.47 bits per heavy atom. The molecule has 5 heteroatoms. The molecule has 0 saturated carbocycles. The van der Waals surface area contributed by atoms with Crippen molar-refractivity contribution >= 4 is 29.0 Å². The molecule has 1 amide bonds. The Balaban J connectivity index is 2.59. The van der Waals surface area contributed by atoms with Gasteiger partial charge in [-0.15, -0.1) is 0 Å². The minimum atomic E-state index is -0.0863. The van der Waals surface area contributed by atoms with Crippen molar-refractivity contribution in [3.8, 4) is 0 Å². The van der Waals surface area contributed by atoms with Crippen LogP contribution in [0.5, 0.6) is 0 Å². The highest BCUT2D eigenvalue weighted by Gasteiger charge is 2.07. The standard InChI is InChI=1S/C14H23N3OS/c1-4-16-14(18)11-5-6-13(12(15)9-11)17-8-7-10(2)19-3/h5-6,9-10,17H,4,7-8,15H2,1-3H3,(H,16,18). The number of amides is 1. The van der Waals surface area contributed by atoms with Crippen LogP contribution in [0.2, 0.25) is 0 Å². The van der Waals surface area contributed by atoms with Gasteiger partial charge in [0, 0.05) is 23.9 Å². The average molecular weight is 281 g/mol. The van der Waals surface area contributed by atoms with Crippen molar-refractivity contribution < 1.29 is 4.79 Å². The molecule has 0 aromatic heterocycles. The lowest BCUT2D eigenvalue weighted by Gasteiger charge is -2.13. The van der Waals surface area contributed by atoms with Crippen molar-refractivity contribution in [1.29, 1.82) is 0 Å². The second kappa shape index (κ2) is 7.94. The summed E-state index contributed by atoms with van der Waals surface area (Å²) < 4.78 is 0. The van der Waals surface area contributed by atoms with E-state index in [4.69, 9.17) is 5.73 Å². The largest absolute Gasteiger partial charge is 0.397 e. The topological polar surface area (TPSA) is 67.2 Å². The molecule has 0 spiro atoms. The van der Waals surface area contributed by atoms with Crippen LogP contribution in [0.4, 0.5) is 11.4 Å². The first-order valence-electron chi connectivity index (χ1n) is 6.52. The fraction of sp³-hybridized carbons (Fsp3) is 0.500. The predicted octanol–water partition coefficient (Wildman–Crippen LogP) is 2.57. The molecule has 0 aliphatic rings. The van der Waals surface area contributed by atoms with E-state index in [2.05, 4.69) is 23.8 Å². The number of benzene rings is 1. The SMILES string of the molecule is CCNC(=O)c1ccc(NCCC(C)SC)c(N)c1. The van der Waals surface area contributed by atoms with E-state index in [1.807, 2.05) is 24.8 Å². The van der Waals surface area contributed by atoms with E-state index in [1.165, 1.54) is 0 Å². The molecule has 0 aliphatic carbocycles. The molecule has 1 aromatic rings. The zero-order valence-corrected chi connectivity index (χ0v) is 12.6. The van der Waals surface area contributed by atoms with Crippen molar-refractivity contribution in [1.82, 2.24) is 5.32 Å². The third-order valence-corrected chi connectivity index (χ3v) is 3.96. The van der Waals surface area contributed by atoms with Crippen molar-refractivity contribution in [2.24, 2.45) is 0 Å². The number of hydrogen-bond acceptors (Lipinski definition) is 4. The third-order valence-electron chi connectivity index (χ3n) is 2.92. The fourth-order valence-corrected chi connectivity index (χ4v) is 2.01. The summed E-state index contributed by atoms with van der Waals surface area (Å²) in [5, 5.41) is 6.69. The monoisotopic (exact) mass is 281 g/mol. The molecule has 0 bridgehead atoms. The molecule has 1 unspecified atom stereocenters. The Morgan fingerprint density at radius 3 is 2.79 bits per heavy atom. The highest BCUT2D eigenvalue weighted by Crippen LogP contribution is 2.20. The van der Waals surface area contributed by atoms with Gasteiger partial charge in [-0.05, 0) is 37.8 Å². The number of rotatable bonds is 7. The van der Waals surface area contributed by atoms with Gasteiger partial charge in [0.2, 0.25) is 0 Å². The molecule has 1 atom stereocenters. The molecule has 4 nitrogen and oxygen atoms in total. The molecule has 0 fully saturated rings. The van der Waals surface area contributed by atoms with Crippen LogP contribution in [0.3, 0.4) is 0 Å². The first-order chi connectivity index (χ1) is 9.08. The van der Waals surface area contributed by atoms with E-state index in [-0.39, 0.29) is 5.91 Å². The minimum Gasteiger partial charge on any atom is -0.397 e. The van der Waals surface area contributed by atoms with Crippen molar-refractivity contribution in [3.05, 3.63) is 23.8 Å². The molecule has 0 radical (unpaired) electrons. The number of nitrogen functional groups attached to an aromatic ring is 1. The number of nitrogens with one attached hydrogen (secondary N) is 2. The number of carbonyl (C=O) groups excluding carboxylic acids is 1. The second-order valence-corrected chi connectivity index (χ2v) is 5.70. The Labute approximate surface area is 119 Å². The van der Waals surface area contributed by atoms with Gasteiger partial charge >= 0.3 is 0 Å². The van der Waals surface area contributed by atoms with Gasteiger partial charge in [-0.25, -0.2) is 0 Å². The molecule has 106 valence electrons. The van der Waals surface area contributed by atoms with Crippen molar-refractivity contribution in [3.63, 3.8) is 0 Å². The van der Waals surface area contributed by atoms with Gasteiger partial charge in [0.1, 0.15) is 0 Å². The van der Waals surface area contributed by atoms with Gasteiger partial charge in [0.05, 0.1) is 11.4 Å². The summed E-state index contributed by atoms with van der Waals surface area (Å²) in [5.74, 6) is -0.0863. The quantitative estimate of drug-likeness (QED) is 0.672. The molecular formula is C14H23N3OS. The number of anilines is 2. The summed E-state index contributed by atoms with van der Waals surface area (Å²) in [6.07, 6.45) is 3.19. The second-order valence-electron chi connectivity index (χ2n) is 4.42. The van der Waals surface area contributed by atoms with E-state index >= 15 is 0 Å². The predicted molar refractivity (Wildman–Crippen MR) is 84.9 cm³/mol. The Kier molecular flexibility index (Phi) is 6.56. The Hall–Kier alpha value is -1.36. The number of thioether (sulfide) groups is 1.